The summed E-state index contributed by atoms with van der Waals surface area (Å²) in [6, 6.07) is 8.24. The maximum absolute atomic E-state index is 11.4. The average molecular weight is 270 g/mol. The summed E-state index contributed by atoms with van der Waals surface area (Å²) in [6.07, 6.45) is 0. The molecule has 0 saturated heterocycles. The maximum atomic E-state index is 11.4. The zero-order chi connectivity index (χ0) is 11.4. The van der Waals surface area contributed by atoms with Gasteiger partial charge in [-0.05, 0) is 26.3 Å². The molecule has 1 amide bonds. The molecule has 0 fully saturated rings. The molecular weight excluding hydrogens is 254 g/mol. The lowest BCUT2D eigenvalue weighted by Gasteiger charge is -2.15. The van der Waals surface area contributed by atoms with Crippen molar-refractivity contribution in [3.8, 4) is 0 Å². The Kier molecular flexibility index (Phi) is 4.33. The minimum Gasteiger partial charge on any atom is -0.349 e. The Bertz CT molecular complexity index is 332. The summed E-state index contributed by atoms with van der Waals surface area (Å²) in [6.45, 7) is 5.85. The number of alkyl halides is 1. The van der Waals surface area contributed by atoms with Gasteiger partial charge >= 0.3 is 0 Å². The number of nitrogens with one attached hydrogen (secondary N) is 1. The number of carbonyl (C=O) groups excluding carboxylic acids is 1. The van der Waals surface area contributed by atoms with Crippen molar-refractivity contribution in [2.75, 3.05) is 0 Å². The van der Waals surface area contributed by atoms with Crippen LogP contribution in [0.1, 0.15) is 31.0 Å². The van der Waals surface area contributed by atoms with E-state index in [1.165, 1.54) is 5.56 Å². The molecule has 0 heterocycles. The van der Waals surface area contributed by atoms with Crippen LogP contribution in [0, 0.1) is 6.92 Å². The Morgan fingerprint density at radius 2 is 1.80 bits per heavy atom. The van der Waals surface area contributed by atoms with E-state index >= 15 is 0 Å². The number of amides is 1. The minimum atomic E-state index is -0.148. The van der Waals surface area contributed by atoms with Crippen molar-refractivity contribution in [2.24, 2.45) is 0 Å². The van der Waals surface area contributed by atoms with Gasteiger partial charge < -0.3 is 5.32 Å². The van der Waals surface area contributed by atoms with E-state index in [2.05, 4.69) is 33.4 Å². The van der Waals surface area contributed by atoms with Crippen LogP contribution in [-0.4, -0.2) is 10.7 Å². The standard InChI is InChI=1S/C12H16BrNO/c1-8-4-6-11(7-5-8)10(3)14-12(15)9(2)13/h4-7,9-10H,1-3H3,(H,14,15)/t9?,10-/m0/s1. The number of benzene rings is 1. The molecule has 0 bridgehead atoms. The van der Waals surface area contributed by atoms with E-state index in [4.69, 9.17) is 0 Å². The monoisotopic (exact) mass is 269 g/mol. The van der Waals surface area contributed by atoms with Crippen LogP contribution in [-0.2, 0) is 4.79 Å². The van der Waals surface area contributed by atoms with Gasteiger partial charge in [-0.2, -0.15) is 0 Å². The molecule has 0 aliphatic heterocycles. The largest absolute Gasteiger partial charge is 0.349 e. The minimum absolute atomic E-state index is 0.0167. The Hall–Kier alpha value is -0.830. The van der Waals surface area contributed by atoms with Gasteiger partial charge in [0.1, 0.15) is 0 Å². The van der Waals surface area contributed by atoms with Gasteiger partial charge in [0.2, 0.25) is 5.91 Å². The van der Waals surface area contributed by atoms with Gasteiger partial charge in [-0.1, -0.05) is 45.8 Å². The molecule has 0 saturated carbocycles. The predicted octanol–water partition coefficient (Wildman–Crippen LogP) is 2.96. The molecule has 1 N–H and O–H groups in total. The summed E-state index contributed by atoms with van der Waals surface area (Å²) in [5, 5.41) is 2.93. The van der Waals surface area contributed by atoms with E-state index in [1.54, 1.807) is 0 Å². The molecule has 1 aromatic rings. The highest BCUT2D eigenvalue weighted by molar-refractivity contribution is 9.10. The lowest BCUT2D eigenvalue weighted by Crippen LogP contribution is -2.31. The van der Waals surface area contributed by atoms with Crippen molar-refractivity contribution in [1.29, 1.82) is 0 Å². The number of hydrogen-bond donors (Lipinski definition) is 1. The van der Waals surface area contributed by atoms with Crippen LogP contribution in [0.15, 0.2) is 24.3 Å². The molecule has 82 valence electrons. The molecule has 1 unspecified atom stereocenters. The van der Waals surface area contributed by atoms with E-state index in [-0.39, 0.29) is 16.8 Å². The van der Waals surface area contributed by atoms with Gasteiger partial charge in [-0.3, -0.25) is 4.79 Å². The molecule has 1 aromatic carbocycles. The molecule has 1 rings (SSSR count). The predicted molar refractivity (Wildman–Crippen MR) is 66.1 cm³/mol. The summed E-state index contributed by atoms with van der Waals surface area (Å²) < 4.78 is 0. The molecule has 0 aromatic heterocycles. The van der Waals surface area contributed by atoms with Crippen molar-refractivity contribution in [2.45, 2.75) is 31.6 Å². The van der Waals surface area contributed by atoms with E-state index in [1.807, 2.05) is 32.9 Å². The molecule has 0 spiro atoms. The third kappa shape index (κ3) is 3.67. The van der Waals surface area contributed by atoms with Crippen molar-refractivity contribution in [3.05, 3.63) is 35.4 Å². The summed E-state index contributed by atoms with van der Waals surface area (Å²) in [5.41, 5.74) is 2.35. The summed E-state index contributed by atoms with van der Waals surface area (Å²) in [5.74, 6) is 0.0167. The van der Waals surface area contributed by atoms with Gasteiger partial charge in [0, 0.05) is 0 Å². The first-order valence-electron chi connectivity index (χ1n) is 5.01. The molecule has 0 radical (unpaired) electrons. The molecular formula is C12H16BrNO. The van der Waals surface area contributed by atoms with Crippen molar-refractivity contribution >= 4 is 21.8 Å². The van der Waals surface area contributed by atoms with Crippen LogP contribution in [0.4, 0.5) is 0 Å². The van der Waals surface area contributed by atoms with Crippen LogP contribution >= 0.6 is 15.9 Å². The zero-order valence-electron chi connectivity index (χ0n) is 9.25. The molecule has 15 heavy (non-hydrogen) atoms. The van der Waals surface area contributed by atoms with Gasteiger partial charge in [0.05, 0.1) is 10.9 Å². The highest BCUT2D eigenvalue weighted by atomic mass is 79.9. The van der Waals surface area contributed by atoms with Crippen molar-refractivity contribution < 1.29 is 4.79 Å². The number of halogens is 1. The maximum Gasteiger partial charge on any atom is 0.233 e. The SMILES string of the molecule is Cc1ccc([C@H](C)NC(=O)C(C)Br)cc1. The third-order valence-corrected chi connectivity index (χ3v) is 2.71. The number of carbonyl (C=O) groups is 1. The van der Waals surface area contributed by atoms with Crippen LogP contribution in [0.5, 0.6) is 0 Å². The van der Waals surface area contributed by atoms with Crippen LogP contribution in [0.25, 0.3) is 0 Å². The van der Waals surface area contributed by atoms with Gasteiger partial charge in [0.15, 0.2) is 0 Å². The molecule has 3 heteroatoms. The van der Waals surface area contributed by atoms with Gasteiger partial charge in [-0.25, -0.2) is 0 Å². The summed E-state index contributed by atoms with van der Waals surface area (Å²) in [7, 11) is 0. The second-order valence-corrected chi connectivity index (χ2v) is 5.13. The first kappa shape index (κ1) is 12.2. The second-order valence-electron chi connectivity index (χ2n) is 3.76. The van der Waals surface area contributed by atoms with Crippen molar-refractivity contribution in [1.82, 2.24) is 5.32 Å². The van der Waals surface area contributed by atoms with E-state index in [0.29, 0.717) is 0 Å². The summed E-state index contributed by atoms with van der Waals surface area (Å²) in [4.78, 5) is 11.3. The highest BCUT2D eigenvalue weighted by Gasteiger charge is 2.12. The van der Waals surface area contributed by atoms with Crippen LogP contribution < -0.4 is 5.32 Å². The summed E-state index contributed by atoms with van der Waals surface area (Å²) >= 11 is 3.24. The van der Waals surface area contributed by atoms with E-state index < -0.39 is 0 Å². The van der Waals surface area contributed by atoms with E-state index in [0.717, 1.165) is 5.56 Å². The fourth-order valence-corrected chi connectivity index (χ4v) is 1.40. The number of aryl methyl sites for hydroxylation is 1. The van der Waals surface area contributed by atoms with E-state index in [9.17, 15) is 4.79 Å². The van der Waals surface area contributed by atoms with Crippen LogP contribution in [0.2, 0.25) is 0 Å². The first-order chi connectivity index (χ1) is 7.00. The fraction of sp³-hybridized carbons (Fsp3) is 0.417. The zero-order valence-corrected chi connectivity index (χ0v) is 10.8. The molecule has 2 atom stereocenters. The fourth-order valence-electron chi connectivity index (χ4n) is 1.27. The lowest BCUT2D eigenvalue weighted by atomic mass is 10.1. The lowest BCUT2D eigenvalue weighted by molar-refractivity contribution is -0.120. The Morgan fingerprint density at radius 3 is 2.27 bits per heavy atom. The smallest absolute Gasteiger partial charge is 0.233 e. The van der Waals surface area contributed by atoms with Gasteiger partial charge in [0.25, 0.3) is 0 Å². The Balaban J connectivity index is 2.65. The van der Waals surface area contributed by atoms with Crippen LogP contribution in [0.3, 0.4) is 0 Å². The third-order valence-electron chi connectivity index (χ3n) is 2.30. The number of hydrogen-bond acceptors (Lipinski definition) is 1. The first-order valence-corrected chi connectivity index (χ1v) is 5.93. The Labute approximate surface area is 99.2 Å². The second kappa shape index (κ2) is 5.31. The molecule has 2 nitrogen and oxygen atoms in total. The average Bonchev–Trinajstić information content (AvgIpc) is 2.18. The normalized spacial score (nSPS) is 14.4. The quantitative estimate of drug-likeness (QED) is 0.840. The Morgan fingerprint density at radius 1 is 1.27 bits per heavy atom. The number of rotatable bonds is 3. The topological polar surface area (TPSA) is 29.1 Å². The van der Waals surface area contributed by atoms with Gasteiger partial charge in [-0.15, -0.1) is 0 Å². The van der Waals surface area contributed by atoms with Crippen molar-refractivity contribution in [3.63, 3.8) is 0 Å². The molecule has 0 aliphatic carbocycles. The molecule has 0 aliphatic rings. The highest BCUT2D eigenvalue weighted by Crippen LogP contribution is 2.13.